The second-order valence-electron chi connectivity index (χ2n) is 7.96. The number of piperidine rings is 1. The van der Waals surface area contributed by atoms with Crippen LogP contribution in [0.3, 0.4) is 0 Å². The number of carbonyl (C=O) groups excluding carboxylic acids is 2. The molecule has 2 aliphatic heterocycles. The van der Waals surface area contributed by atoms with Crippen LogP contribution in [-0.4, -0.2) is 53.3 Å². The molecule has 3 aliphatic rings. The predicted octanol–water partition coefficient (Wildman–Crippen LogP) is 2.18. The number of likely N-dealkylation sites (tertiary alicyclic amines) is 2. The van der Waals surface area contributed by atoms with Crippen molar-refractivity contribution in [2.45, 2.75) is 63.8 Å². The normalized spacial score (nSPS) is 33.9. The fourth-order valence-corrected chi connectivity index (χ4v) is 4.56. The van der Waals surface area contributed by atoms with Crippen molar-refractivity contribution in [3.8, 4) is 0 Å². The zero-order valence-electron chi connectivity index (χ0n) is 14.8. The summed E-state index contributed by atoms with van der Waals surface area (Å²) in [6.07, 6.45) is 8.12. The van der Waals surface area contributed by atoms with E-state index in [1.807, 2.05) is 16.7 Å². The zero-order chi connectivity index (χ0) is 16.4. The Kier molecular flexibility index (Phi) is 6.54. The van der Waals surface area contributed by atoms with Crippen molar-refractivity contribution in [1.82, 2.24) is 9.80 Å². The molecule has 3 unspecified atom stereocenters. The van der Waals surface area contributed by atoms with Crippen molar-refractivity contribution in [2.24, 2.45) is 17.6 Å². The third kappa shape index (κ3) is 4.05. The first-order chi connectivity index (χ1) is 11.0. The Morgan fingerprint density at radius 3 is 2.25 bits per heavy atom. The van der Waals surface area contributed by atoms with Crippen LogP contribution in [0.2, 0.25) is 0 Å². The van der Waals surface area contributed by atoms with Crippen molar-refractivity contribution in [2.75, 3.05) is 26.2 Å². The summed E-state index contributed by atoms with van der Waals surface area (Å²) < 4.78 is 0. The van der Waals surface area contributed by atoms with Gasteiger partial charge in [0, 0.05) is 31.7 Å². The van der Waals surface area contributed by atoms with Gasteiger partial charge in [0.05, 0.1) is 11.8 Å². The van der Waals surface area contributed by atoms with Gasteiger partial charge in [0.2, 0.25) is 11.8 Å². The van der Waals surface area contributed by atoms with Gasteiger partial charge in [-0.15, -0.1) is 12.4 Å². The minimum Gasteiger partial charge on any atom is -0.342 e. The molecule has 1 saturated carbocycles. The van der Waals surface area contributed by atoms with Crippen LogP contribution in [0, 0.1) is 11.8 Å². The van der Waals surface area contributed by atoms with Gasteiger partial charge in [-0.25, -0.2) is 0 Å². The monoisotopic (exact) mass is 357 g/mol. The lowest BCUT2D eigenvalue weighted by atomic mass is 9.73. The Bertz CT molecular complexity index is 463. The molecule has 0 aromatic rings. The smallest absolute Gasteiger partial charge is 0.227 e. The molecule has 138 valence electrons. The lowest BCUT2D eigenvalue weighted by Gasteiger charge is -2.42. The molecule has 0 aromatic heterocycles. The molecule has 3 atom stereocenters. The molecule has 3 fully saturated rings. The molecule has 2 saturated heterocycles. The van der Waals surface area contributed by atoms with Crippen LogP contribution in [0.4, 0.5) is 0 Å². The van der Waals surface area contributed by atoms with E-state index in [2.05, 4.69) is 0 Å². The lowest BCUT2D eigenvalue weighted by molar-refractivity contribution is -0.144. The summed E-state index contributed by atoms with van der Waals surface area (Å²) in [6.45, 7) is 5.20. The summed E-state index contributed by atoms with van der Waals surface area (Å²) in [5, 5.41) is 0. The molecule has 0 spiro atoms. The highest BCUT2D eigenvalue weighted by Gasteiger charge is 2.41. The highest BCUT2D eigenvalue weighted by atomic mass is 35.5. The number of carbonyl (C=O) groups is 2. The fourth-order valence-electron chi connectivity index (χ4n) is 4.56. The van der Waals surface area contributed by atoms with Gasteiger partial charge in [-0.05, 0) is 45.4 Å². The molecule has 5 nitrogen and oxygen atoms in total. The highest BCUT2D eigenvalue weighted by Crippen LogP contribution is 2.34. The largest absolute Gasteiger partial charge is 0.342 e. The number of nitrogens with two attached hydrogens (primary N) is 1. The minimum atomic E-state index is -0.388. The van der Waals surface area contributed by atoms with Gasteiger partial charge >= 0.3 is 0 Å². The van der Waals surface area contributed by atoms with E-state index in [4.69, 9.17) is 5.73 Å². The Morgan fingerprint density at radius 2 is 1.58 bits per heavy atom. The van der Waals surface area contributed by atoms with Crippen LogP contribution in [0.25, 0.3) is 0 Å². The summed E-state index contributed by atoms with van der Waals surface area (Å²) in [5.74, 6) is 0.378. The van der Waals surface area contributed by atoms with Gasteiger partial charge in [-0.1, -0.05) is 12.8 Å². The number of nitrogens with zero attached hydrogens (tertiary/aromatic N) is 2. The molecule has 0 aromatic carbocycles. The van der Waals surface area contributed by atoms with E-state index in [0.29, 0.717) is 6.54 Å². The standard InChI is InChI=1S/C18H31N3O2.ClH/c1-18(19)9-3-2-8-15(18)17(23)21-12-6-7-14(13-21)16(22)20-10-4-5-11-20;/h14-15H,2-13,19H2,1H3;1H. The van der Waals surface area contributed by atoms with Crippen molar-refractivity contribution < 1.29 is 9.59 Å². The molecule has 6 heteroatoms. The summed E-state index contributed by atoms with van der Waals surface area (Å²) in [7, 11) is 0. The Balaban J connectivity index is 0.00000208. The maximum Gasteiger partial charge on any atom is 0.227 e. The molecule has 0 bridgehead atoms. The first-order valence-electron chi connectivity index (χ1n) is 9.35. The van der Waals surface area contributed by atoms with Gasteiger partial charge in [0.15, 0.2) is 0 Å². The lowest BCUT2D eigenvalue weighted by Crippen LogP contribution is -2.56. The maximum atomic E-state index is 13.0. The average molecular weight is 358 g/mol. The van der Waals surface area contributed by atoms with Crippen LogP contribution in [0.5, 0.6) is 0 Å². The second kappa shape index (κ2) is 8.05. The first-order valence-corrected chi connectivity index (χ1v) is 9.35. The topological polar surface area (TPSA) is 66.6 Å². The van der Waals surface area contributed by atoms with Gasteiger partial charge in [0.1, 0.15) is 0 Å². The highest BCUT2D eigenvalue weighted by molar-refractivity contribution is 5.85. The van der Waals surface area contributed by atoms with Crippen LogP contribution < -0.4 is 5.73 Å². The third-order valence-electron chi connectivity index (χ3n) is 6.05. The van der Waals surface area contributed by atoms with Crippen molar-refractivity contribution in [3.05, 3.63) is 0 Å². The number of hydrogen-bond donors (Lipinski definition) is 1. The third-order valence-corrected chi connectivity index (χ3v) is 6.05. The number of hydrogen-bond acceptors (Lipinski definition) is 3. The van der Waals surface area contributed by atoms with Gasteiger partial charge in [-0.2, -0.15) is 0 Å². The van der Waals surface area contributed by atoms with E-state index in [-0.39, 0.29) is 41.6 Å². The van der Waals surface area contributed by atoms with E-state index in [1.165, 1.54) is 0 Å². The molecule has 3 rings (SSSR count). The Morgan fingerprint density at radius 1 is 0.917 bits per heavy atom. The first kappa shape index (κ1) is 19.5. The van der Waals surface area contributed by atoms with Crippen LogP contribution in [0.1, 0.15) is 58.3 Å². The molecule has 2 N–H and O–H groups in total. The molecule has 1 aliphatic carbocycles. The number of halogens is 1. The molecular weight excluding hydrogens is 326 g/mol. The van der Waals surface area contributed by atoms with Crippen LogP contribution >= 0.6 is 12.4 Å². The van der Waals surface area contributed by atoms with Crippen molar-refractivity contribution >= 4 is 24.2 Å². The summed E-state index contributed by atoms with van der Waals surface area (Å²) in [5.41, 5.74) is 6.01. The summed E-state index contributed by atoms with van der Waals surface area (Å²) >= 11 is 0. The Hall–Kier alpha value is -0.810. The van der Waals surface area contributed by atoms with Crippen molar-refractivity contribution in [3.63, 3.8) is 0 Å². The SMILES string of the molecule is CC1(N)CCCCC1C(=O)N1CCCC(C(=O)N2CCCC2)C1.Cl. The summed E-state index contributed by atoms with van der Waals surface area (Å²) in [6, 6.07) is 0. The van der Waals surface area contributed by atoms with Crippen LogP contribution in [0.15, 0.2) is 0 Å². The van der Waals surface area contributed by atoms with Gasteiger partial charge < -0.3 is 15.5 Å². The maximum absolute atomic E-state index is 13.0. The molecule has 2 heterocycles. The molecule has 24 heavy (non-hydrogen) atoms. The van der Waals surface area contributed by atoms with E-state index in [9.17, 15) is 9.59 Å². The molecule has 0 radical (unpaired) electrons. The van der Waals surface area contributed by atoms with E-state index >= 15 is 0 Å². The van der Waals surface area contributed by atoms with Crippen molar-refractivity contribution in [1.29, 1.82) is 0 Å². The molecule has 2 amide bonds. The zero-order valence-corrected chi connectivity index (χ0v) is 15.7. The van der Waals surface area contributed by atoms with Gasteiger partial charge in [-0.3, -0.25) is 9.59 Å². The van der Waals surface area contributed by atoms with Gasteiger partial charge in [0.25, 0.3) is 0 Å². The summed E-state index contributed by atoms with van der Waals surface area (Å²) in [4.78, 5) is 29.5. The van der Waals surface area contributed by atoms with E-state index in [1.54, 1.807) is 0 Å². The fraction of sp³-hybridized carbons (Fsp3) is 0.889. The van der Waals surface area contributed by atoms with E-state index in [0.717, 1.165) is 71.0 Å². The average Bonchev–Trinajstić information content (AvgIpc) is 3.08. The Labute approximate surface area is 151 Å². The second-order valence-corrected chi connectivity index (χ2v) is 7.96. The molecular formula is C18H32ClN3O2. The minimum absolute atomic E-state index is 0. The quantitative estimate of drug-likeness (QED) is 0.823. The van der Waals surface area contributed by atoms with E-state index < -0.39 is 0 Å². The van der Waals surface area contributed by atoms with Crippen LogP contribution in [-0.2, 0) is 9.59 Å². The predicted molar refractivity (Wildman–Crippen MR) is 96.9 cm³/mol. The number of amides is 2. The number of rotatable bonds is 2.